The van der Waals surface area contributed by atoms with E-state index in [0.717, 1.165) is 16.5 Å². The van der Waals surface area contributed by atoms with Gasteiger partial charge in [-0.1, -0.05) is 24.3 Å². The van der Waals surface area contributed by atoms with Gasteiger partial charge >= 0.3 is 5.97 Å². The van der Waals surface area contributed by atoms with Crippen LogP contribution in [0.15, 0.2) is 47.8 Å². The molecular formula is C22H20N2O5S. The fraction of sp³-hybridized carbons (Fsp3) is 0.227. The molecule has 0 saturated heterocycles. The van der Waals surface area contributed by atoms with Crippen molar-refractivity contribution in [2.45, 2.75) is 32.0 Å². The smallest absolute Gasteiger partial charge is 0.324 e. The lowest BCUT2D eigenvalue weighted by Gasteiger charge is -2.22. The van der Waals surface area contributed by atoms with E-state index in [2.05, 4.69) is 22.4 Å². The molecule has 1 atom stereocenters. The van der Waals surface area contributed by atoms with Gasteiger partial charge in [0.05, 0.1) is 12.6 Å². The molecule has 8 heteroatoms. The van der Waals surface area contributed by atoms with Crippen molar-refractivity contribution in [3.63, 3.8) is 0 Å². The number of nitrogens with two attached hydrogens (primary N) is 1. The molecule has 0 saturated carbocycles. The molecule has 0 spiro atoms. The van der Waals surface area contributed by atoms with E-state index in [1.807, 2.05) is 18.2 Å². The zero-order valence-electron chi connectivity index (χ0n) is 16.1. The molecule has 0 fully saturated rings. The number of aldehydes is 1. The summed E-state index contributed by atoms with van der Waals surface area (Å²) in [6, 6.07) is 12.7. The molecule has 1 amide bonds. The van der Waals surface area contributed by atoms with Crippen molar-refractivity contribution in [1.82, 2.24) is 4.90 Å². The predicted octanol–water partition coefficient (Wildman–Crippen LogP) is 3.20. The van der Waals surface area contributed by atoms with Crippen molar-refractivity contribution < 1.29 is 24.0 Å². The van der Waals surface area contributed by atoms with Crippen LogP contribution in [0.2, 0.25) is 0 Å². The van der Waals surface area contributed by atoms with Gasteiger partial charge in [-0.25, -0.2) is 0 Å². The SMILES string of the molecule is NOC(=O)CCC(C=O)N1Cc2c(OCc3csc4ccccc34)cccc2C1=O. The van der Waals surface area contributed by atoms with Crippen LogP contribution >= 0.6 is 11.3 Å². The van der Waals surface area contributed by atoms with Crippen LogP contribution in [0.4, 0.5) is 0 Å². The van der Waals surface area contributed by atoms with E-state index in [9.17, 15) is 14.4 Å². The first-order chi connectivity index (χ1) is 14.6. The topological polar surface area (TPSA) is 98.9 Å². The lowest BCUT2D eigenvalue weighted by atomic mass is 10.1. The van der Waals surface area contributed by atoms with E-state index in [1.54, 1.807) is 23.5 Å². The number of fused-ring (bicyclic) bond motifs is 2. The van der Waals surface area contributed by atoms with Gasteiger partial charge in [0.2, 0.25) is 0 Å². The highest BCUT2D eigenvalue weighted by Crippen LogP contribution is 2.34. The number of carbonyl (C=O) groups is 3. The molecule has 0 radical (unpaired) electrons. The number of ether oxygens (including phenoxy) is 1. The van der Waals surface area contributed by atoms with Gasteiger partial charge in [-0.05, 0) is 35.4 Å². The number of amides is 1. The fourth-order valence-corrected chi connectivity index (χ4v) is 4.60. The first kappa shape index (κ1) is 20.1. The Bertz CT molecular complexity index is 1110. The van der Waals surface area contributed by atoms with Crippen LogP contribution in [0, 0.1) is 0 Å². The summed E-state index contributed by atoms with van der Waals surface area (Å²) in [4.78, 5) is 41.3. The van der Waals surface area contributed by atoms with Crippen LogP contribution in [-0.2, 0) is 27.6 Å². The first-order valence-corrected chi connectivity index (χ1v) is 10.4. The molecule has 2 aromatic carbocycles. The van der Waals surface area contributed by atoms with Crippen molar-refractivity contribution in [1.29, 1.82) is 0 Å². The first-order valence-electron chi connectivity index (χ1n) is 9.48. The predicted molar refractivity (Wildman–Crippen MR) is 112 cm³/mol. The van der Waals surface area contributed by atoms with Crippen molar-refractivity contribution >= 4 is 39.6 Å². The molecule has 2 heterocycles. The summed E-state index contributed by atoms with van der Waals surface area (Å²) >= 11 is 1.66. The molecule has 1 aliphatic heterocycles. The van der Waals surface area contributed by atoms with Crippen LogP contribution in [0.1, 0.15) is 34.3 Å². The maximum atomic E-state index is 12.8. The fourth-order valence-electron chi connectivity index (χ4n) is 3.65. The van der Waals surface area contributed by atoms with Gasteiger partial charge in [0.15, 0.2) is 0 Å². The Morgan fingerprint density at radius 2 is 2.07 bits per heavy atom. The zero-order valence-corrected chi connectivity index (χ0v) is 16.9. The van der Waals surface area contributed by atoms with E-state index in [-0.39, 0.29) is 25.3 Å². The summed E-state index contributed by atoms with van der Waals surface area (Å²) in [5.41, 5.74) is 2.34. The minimum Gasteiger partial charge on any atom is -0.488 e. The second-order valence-electron chi connectivity index (χ2n) is 6.99. The Labute approximate surface area is 176 Å². The molecule has 154 valence electrons. The van der Waals surface area contributed by atoms with Crippen LogP contribution in [-0.4, -0.2) is 29.1 Å². The maximum absolute atomic E-state index is 12.8. The van der Waals surface area contributed by atoms with Gasteiger partial charge in [-0.3, -0.25) is 9.59 Å². The highest BCUT2D eigenvalue weighted by Gasteiger charge is 2.34. The van der Waals surface area contributed by atoms with E-state index < -0.39 is 12.0 Å². The van der Waals surface area contributed by atoms with Crippen molar-refractivity contribution in [3.05, 3.63) is 64.5 Å². The molecule has 4 rings (SSSR count). The number of thiophene rings is 1. The summed E-state index contributed by atoms with van der Waals surface area (Å²) in [6.07, 6.45) is 0.774. The molecule has 7 nitrogen and oxygen atoms in total. The van der Waals surface area contributed by atoms with Gasteiger partial charge in [-0.15, -0.1) is 11.3 Å². The minimum atomic E-state index is -0.738. The largest absolute Gasteiger partial charge is 0.488 e. The normalized spacial score (nSPS) is 13.9. The van der Waals surface area contributed by atoms with E-state index in [0.29, 0.717) is 24.2 Å². The average Bonchev–Trinajstić information content (AvgIpc) is 3.34. The third kappa shape index (κ3) is 3.79. The number of rotatable bonds is 8. The molecule has 0 aliphatic carbocycles. The van der Waals surface area contributed by atoms with Crippen LogP contribution in [0.3, 0.4) is 0 Å². The Hall–Kier alpha value is -3.23. The van der Waals surface area contributed by atoms with Gasteiger partial charge in [0, 0.05) is 27.8 Å². The summed E-state index contributed by atoms with van der Waals surface area (Å²) in [7, 11) is 0. The van der Waals surface area contributed by atoms with Crippen LogP contribution in [0.25, 0.3) is 10.1 Å². The molecule has 1 unspecified atom stereocenters. The van der Waals surface area contributed by atoms with Crippen molar-refractivity contribution in [2.75, 3.05) is 0 Å². The minimum absolute atomic E-state index is 0.0470. The Morgan fingerprint density at radius 3 is 2.87 bits per heavy atom. The van der Waals surface area contributed by atoms with E-state index in [4.69, 9.17) is 10.6 Å². The standard InChI is InChI=1S/C22H20N2O5S/c23-29-21(26)9-8-15(11-25)24-10-18-17(22(24)27)5-3-6-19(18)28-12-14-13-30-20-7-2-1-4-16(14)20/h1-7,11,13,15H,8-10,12,23H2. The Balaban J connectivity index is 1.51. The van der Waals surface area contributed by atoms with Gasteiger partial charge in [-0.2, -0.15) is 5.90 Å². The number of hydrogen-bond donors (Lipinski definition) is 1. The quantitative estimate of drug-likeness (QED) is 0.440. The summed E-state index contributed by atoms with van der Waals surface area (Å²) < 4.78 is 7.27. The number of nitrogens with zero attached hydrogens (tertiary/aromatic N) is 1. The Morgan fingerprint density at radius 1 is 1.23 bits per heavy atom. The van der Waals surface area contributed by atoms with E-state index >= 15 is 0 Å². The lowest BCUT2D eigenvalue weighted by Crippen LogP contribution is -2.37. The summed E-state index contributed by atoms with van der Waals surface area (Å²) in [6.45, 7) is 0.629. The molecule has 30 heavy (non-hydrogen) atoms. The average molecular weight is 424 g/mol. The third-order valence-electron chi connectivity index (χ3n) is 5.23. The summed E-state index contributed by atoms with van der Waals surface area (Å²) in [5.74, 6) is 4.58. The van der Waals surface area contributed by atoms with Crippen molar-refractivity contribution in [2.24, 2.45) is 5.90 Å². The molecule has 2 N–H and O–H groups in total. The number of carbonyl (C=O) groups excluding carboxylic acids is 3. The monoisotopic (exact) mass is 424 g/mol. The van der Waals surface area contributed by atoms with E-state index in [1.165, 1.54) is 9.60 Å². The maximum Gasteiger partial charge on any atom is 0.324 e. The second-order valence-corrected chi connectivity index (χ2v) is 7.90. The number of benzene rings is 2. The zero-order chi connectivity index (χ0) is 21.1. The van der Waals surface area contributed by atoms with Gasteiger partial charge < -0.3 is 19.3 Å². The van der Waals surface area contributed by atoms with Gasteiger partial charge in [0.1, 0.15) is 18.6 Å². The molecule has 1 aliphatic rings. The lowest BCUT2D eigenvalue weighted by molar-refractivity contribution is -0.144. The second kappa shape index (κ2) is 8.64. The molecule has 3 aromatic rings. The molecular weight excluding hydrogens is 404 g/mol. The highest BCUT2D eigenvalue weighted by molar-refractivity contribution is 7.17. The van der Waals surface area contributed by atoms with Crippen molar-refractivity contribution in [3.8, 4) is 5.75 Å². The van der Waals surface area contributed by atoms with Crippen LogP contribution in [0.5, 0.6) is 5.75 Å². The van der Waals surface area contributed by atoms with Gasteiger partial charge in [0.25, 0.3) is 5.91 Å². The number of hydrogen-bond acceptors (Lipinski definition) is 7. The molecule has 1 aromatic heterocycles. The van der Waals surface area contributed by atoms with Crippen LogP contribution < -0.4 is 10.6 Å². The highest BCUT2D eigenvalue weighted by atomic mass is 32.1. The summed E-state index contributed by atoms with van der Waals surface area (Å²) in [5, 5.41) is 3.23. The third-order valence-corrected chi connectivity index (χ3v) is 6.24. The molecule has 0 bridgehead atoms. The Kier molecular flexibility index (Phi) is 5.78.